The molecular formula is C10H24ClN3O2S. The van der Waals surface area contributed by atoms with Crippen LogP contribution in [-0.2, 0) is 10.2 Å². The Balaban J connectivity index is 0.00000256. The van der Waals surface area contributed by atoms with Crippen LogP contribution in [0.3, 0.4) is 0 Å². The summed E-state index contributed by atoms with van der Waals surface area (Å²) in [7, 11) is -3.35. The summed E-state index contributed by atoms with van der Waals surface area (Å²) in [4.78, 5) is 0. The van der Waals surface area contributed by atoms with E-state index in [1.54, 1.807) is 0 Å². The first-order valence-corrected chi connectivity index (χ1v) is 7.29. The number of nitrogens with one attached hydrogen (secondary N) is 3. The van der Waals surface area contributed by atoms with E-state index < -0.39 is 10.2 Å². The first kappa shape index (κ1) is 17.1. The maximum atomic E-state index is 11.6. The van der Waals surface area contributed by atoms with Crippen molar-refractivity contribution < 1.29 is 8.42 Å². The molecule has 1 aliphatic rings. The Morgan fingerprint density at radius 3 is 2.53 bits per heavy atom. The van der Waals surface area contributed by atoms with E-state index in [0.717, 1.165) is 25.9 Å². The van der Waals surface area contributed by atoms with E-state index in [1.807, 2.05) is 13.8 Å². The number of hydrogen-bond acceptors (Lipinski definition) is 3. The average Bonchev–Trinajstić information content (AvgIpc) is 2.15. The predicted molar refractivity (Wildman–Crippen MR) is 72.7 cm³/mol. The van der Waals surface area contributed by atoms with Crippen molar-refractivity contribution in [3.05, 3.63) is 0 Å². The van der Waals surface area contributed by atoms with Gasteiger partial charge in [0.25, 0.3) is 10.2 Å². The van der Waals surface area contributed by atoms with Crippen molar-refractivity contribution in [1.82, 2.24) is 14.8 Å². The summed E-state index contributed by atoms with van der Waals surface area (Å²) in [5.41, 5.74) is 0.0317. The second-order valence-corrected chi connectivity index (χ2v) is 6.72. The third-order valence-corrected chi connectivity index (χ3v) is 4.07. The van der Waals surface area contributed by atoms with Crippen molar-refractivity contribution in [2.45, 2.75) is 39.7 Å². The van der Waals surface area contributed by atoms with Crippen molar-refractivity contribution in [2.24, 2.45) is 5.41 Å². The molecule has 0 aromatic carbocycles. The Morgan fingerprint density at radius 1 is 1.41 bits per heavy atom. The Labute approximate surface area is 111 Å². The highest BCUT2D eigenvalue weighted by Crippen LogP contribution is 2.24. The number of piperidine rings is 1. The van der Waals surface area contributed by atoms with Gasteiger partial charge in [-0.3, -0.25) is 0 Å². The smallest absolute Gasteiger partial charge is 0.277 e. The van der Waals surface area contributed by atoms with Crippen molar-refractivity contribution in [3.63, 3.8) is 0 Å². The van der Waals surface area contributed by atoms with Gasteiger partial charge in [-0.2, -0.15) is 13.1 Å². The third kappa shape index (κ3) is 6.57. The molecule has 3 N–H and O–H groups in total. The fraction of sp³-hybridized carbons (Fsp3) is 1.00. The Hall–Kier alpha value is 0.120. The average molecular weight is 286 g/mol. The van der Waals surface area contributed by atoms with Gasteiger partial charge in [-0.25, -0.2) is 4.72 Å². The van der Waals surface area contributed by atoms with Crippen LogP contribution in [0.5, 0.6) is 0 Å². The quantitative estimate of drug-likeness (QED) is 0.694. The van der Waals surface area contributed by atoms with Crippen LogP contribution >= 0.6 is 12.4 Å². The van der Waals surface area contributed by atoms with Gasteiger partial charge in [-0.1, -0.05) is 6.92 Å². The first-order chi connectivity index (χ1) is 7.33. The van der Waals surface area contributed by atoms with Crippen LogP contribution < -0.4 is 14.8 Å². The second-order valence-electron chi connectivity index (χ2n) is 5.19. The largest absolute Gasteiger partial charge is 0.316 e. The summed E-state index contributed by atoms with van der Waals surface area (Å²) in [5.74, 6) is 0. The lowest BCUT2D eigenvalue weighted by Crippen LogP contribution is -2.49. The number of hydrogen-bond donors (Lipinski definition) is 3. The van der Waals surface area contributed by atoms with Crippen LogP contribution in [0, 0.1) is 5.41 Å². The lowest BCUT2D eigenvalue weighted by molar-refractivity contribution is 0.238. The summed E-state index contributed by atoms with van der Waals surface area (Å²) >= 11 is 0. The zero-order chi connectivity index (χ0) is 12.2. The molecule has 0 spiro atoms. The predicted octanol–water partition coefficient (Wildman–Crippen LogP) is 0.630. The van der Waals surface area contributed by atoms with Gasteiger partial charge in [0, 0.05) is 19.1 Å². The zero-order valence-electron chi connectivity index (χ0n) is 10.7. The first-order valence-electron chi connectivity index (χ1n) is 5.81. The molecule has 17 heavy (non-hydrogen) atoms. The van der Waals surface area contributed by atoms with Crippen LogP contribution in [-0.4, -0.2) is 34.1 Å². The van der Waals surface area contributed by atoms with Crippen LogP contribution in [0.1, 0.15) is 33.6 Å². The van der Waals surface area contributed by atoms with Gasteiger partial charge >= 0.3 is 0 Å². The molecule has 0 amide bonds. The fourth-order valence-corrected chi connectivity index (χ4v) is 3.13. The number of rotatable bonds is 5. The Kier molecular flexibility index (Phi) is 6.94. The maximum Gasteiger partial charge on any atom is 0.277 e. The summed E-state index contributed by atoms with van der Waals surface area (Å²) in [6.45, 7) is 8.12. The minimum Gasteiger partial charge on any atom is -0.316 e. The molecule has 7 heteroatoms. The molecule has 0 aliphatic carbocycles. The third-order valence-electron chi connectivity index (χ3n) is 2.77. The Bertz CT molecular complexity index is 314. The van der Waals surface area contributed by atoms with E-state index in [1.165, 1.54) is 0 Å². The molecular weight excluding hydrogens is 262 g/mol. The van der Waals surface area contributed by atoms with Crippen molar-refractivity contribution in [2.75, 3.05) is 19.6 Å². The van der Waals surface area contributed by atoms with Gasteiger partial charge in [0.2, 0.25) is 0 Å². The summed E-state index contributed by atoms with van der Waals surface area (Å²) < 4.78 is 28.3. The topological polar surface area (TPSA) is 70.2 Å². The number of halogens is 1. The highest BCUT2D eigenvalue weighted by atomic mass is 35.5. The van der Waals surface area contributed by atoms with E-state index in [-0.39, 0.29) is 23.9 Å². The highest BCUT2D eigenvalue weighted by molar-refractivity contribution is 7.87. The highest BCUT2D eigenvalue weighted by Gasteiger charge is 2.28. The lowest BCUT2D eigenvalue weighted by atomic mass is 9.83. The van der Waals surface area contributed by atoms with Crippen LogP contribution in [0.15, 0.2) is 0 Å². The van der Waals surface area contributed by atoms with Gasteiger partial charge in [-0.05, 0) is 38.6 Å². The van der Waals surface area contributed by atoms with Gasteiger partial charge in [0.15, 0.2) is 0 Å². The zero-order valence-corrected chi connectivity index (χ0v) is 12.4. The second kappa shape index (κ2) is 6.89. The van der Waals surface area contributed by atoms with Gasteiger partial charge in [-0.15, -0.1) is 12.4 Å². The summed E-state index contributed by atoms with van der Waals surface area (Å²) in [6.07, 6.45) is 2.17. The van der Waals surface area contributed by atoms with Gasteiger partial charge in [0.1, 0.15) is 0 Å². The molecule has 104 valence electrons. The van der Waals surface area contributed by atoms with Gasteiger partial charge in [0.05, 0.1) is 0 Å². The molecule has 1 saturated heterocycles. The van der Waals surface area contributed by atoms with Crippen molar-refractivity contribution in [1.29, 1.82) is 0 Å². The maximum absolute atomic E-state index is 11.6. The van der Waals surface area contributed by atoms with Crippen LogP contribution in [0.25, 0.3) is 0 Å². The molecule has 5 nitrogen and oxygen atoms in total. The SMILES string of the molecule is CC(C)NS(=O)(=O)NCC1(C)CCCNC1.Cl. The Morgan fingerprint density at radius 2 is 2.06 bits per heavy atom. The molecule has 1 rings (SSSR count). The molecule has 1 heterocycles. The van der Waals surface area contributed by atoms with Crippen molar-refractivity contribution in [3.8, 4) is 0 Å². The standard InChI is InChI=1S/C10H23N3O2S.ClH/c1-9(2)13-16(14,15)12-8-10(3)5-4-6-11-7-10;/h9,11-13H,4-8H2,1-3H3;1H. The summed E-state index contributed by atoms with van der Waals surface area (Å²) in [5, 5.41) is 3.30. The van der Waals surface area contributed by atoms with Crippen LogP contribution in [0.4, 0.5) is 0 Å². The summed E-state index contributed by atoms with van der Waals surface area (Å²) in [6, 6.07) is -0.0743. The molecule has 0 aromatic heterocycles. The minimum absolute atomic E-state index is 0. The van der Waals surface area contributed by atoms with Crippen molar-refractivity contribution >= 4 is 22.6 Å². The molecule has 0 radical (unpaired) electrons. The fourth-order valence-electron chi connectivity index (χ4n) is 1.89. The van der Waals surface area contributed by atoms with Crippen LogP contribution in [0.2, 0.25) is 0 Å². The molecule has 1 aliphatic heterocycles. The molecule has 1 unspecified atom stereocenters. The molecule has 0 saturated carbocycles. The van der Waals surface area contributed by atoms with E-state index in [9.17, 15) is 8.42 Å². The van der Waals surface area contributed by atoms with E-state index in [2.05, 4.69) is 21.7 Å². The normalized spacial score (nSPS) is 25.6. The monoisotopic (exact) mass is 285 g/mol. The van der Waals surface area contributed by atoms with E-state index in [0.29, 0.717) is 6.54 Å². The lowest BCUT2D eigenvalue weighted by Gasteiger charge is -2.34. The van der Waals surface area contributed by atoms with Gasteiger partial charge < -0.3 is 5.32 Å². The molecule has 0 aromatic rings. The molecule has 1 fully saturated rings. The van der Waals surface area contributed by atoms with E-state index >= 15 is 0 Å². The van der Waals surface area contributed by atoms with E-state index in [4.69, 9.17) is 0 Å². The molecule has 1 atom stereocenters. The molecule has 0 bridgehead atoms. The minimum atomic E-state index is -3.35.